The predicted molar refractivity (Wildman–Crippen MR) is 420 cm³/mol. The van der Waals surface area contributed by atoms with Crippen LogP contribution in [0.3, 0.4) is 0 Å². The minimum atomic E-state index is -2.90. The third-order valence-corrected chi connectivity index (χ3v) is 25.9. The molecular formula is C94H66N2O2Si. The van der Waals surface area contributed by atoms with Crippen LogP contribution in [0.15, 0.2) is 355 Å². The molecule has 19 rings (SSSR count). The average molecular weight is 1280 g/mol. The standard InChI is InChI=1S/C94H66N2O2Si/c1-61-25-23-30-66(55-61)75-51-53-84(92-90(75)80-41-19-21-43-87(80)97-92)95(68-47-45-62-26-13-15-28-64(62)56-68)70-49-50-79-82(59-70)94(2,3)83-60-86(77-39-17-18-40-78(77)89(79)83)96(69-48-46-63-27-14-16-29-65(63)57-69)85-54-52-76(91-81-42-20-22-44-88(81)98-93(85)91)67-31-24-38-74(58-67)99(71-32-7-4-8-33-71,72-34-9-5-10-35-72)73-36-11-6-12-37-73/h4-60H,1-3H3. The summed E-state index contributed by atoms with van der Waals surface area (Å²) in [6.07, 6.45) is 0. The molecule has 1 aliphatic carbocycles. The van der Waals surface area contributed by atoms with E-state index in [1.165, 1.54) is 70.1 Å². The van der Waals surface area contributed by atoms with Gasteiger partial charge >= 0.3 is 0 Å². The number of furan rings is 2. The number of nitrogens with zero attached hydrogens (tertiary/aromatic N) is 2. The molecular weight excluding hydrogens is 1220 g/mol. The first-order valence-electron chi connectivity index (χ1n) is 34.3. The van der Waals surface area contributed by atoms with Gasteiger partial charge in [-0.25, -0.2) is 0 Å². The van der Waals surface area contributed by atoms with Crippen molar-refractivity contribution < 1.29 is 8.83 Å². The zero-order valence-electron chi connectivity index (χ0n) is 55.1. The summed E-state index contributed by atoms with van der Waals surface area (Å²) >= 11 is 0. The molecule has 18 aromatic rings. The molecule has 2 aromatic heterocycles. The molecule has 0 aliphatic heterocycles. The van der Waals surface area contributed by atoms with Gasteiger partial charge in [-0.05, 0) is 166 Å². The van der Waals surface area contributed by atoms with Crippen LogP contribution >= 0.6 is 0 Å². The summed E-state index contributed by atoms with van der Waals surface area (Å²) in [7, 11) is -2.90. The molecule has 16 aromatic carbocycles. The minimum Gasteiger partial charge on any atom is -0.454 e. The lowest BCUT2D eigenvalue weighted by molar-refractivity contribution is 0.660. The number of aryl methyl sites for hydroxylation is 1. The van der Waals surface area contributed by atoms with Crippen LogP contribution < -0.4 is 30.5 Å². The van der Waals surface area contributed by atoms with E-state index in [1.54, 1.807) is 0 Å². The zero-order chi connectivity index (χ0) is 65.9. The summed E-state index contributed by atoms with van der Waals surface area (Å²) in [6, 6.07) is 128. The van der Waals surface area contributed by atoms with Gasteiger partial charge < -0.3 is 18.6 Å². The summed E-state index contributed by atoms with van der Waals surface area (Å²) < 4.78 is 14.6. The van der Waals surface area contributed by atoms with Crippen LogP contribution in [0.25, 0.3) is 110 Å². The maximum Gasteiger partial charge on any atom is 0.179 e. The molecule has 0 fully saturated rings. The zero-order valence-corrected chi connectivity index (χ0v) is 56.1. The lowest BCUT2D eigenvalue weighted by Gasteiger charge is -2.34. The third kappa shape index (κ3) is 9.19. The number of rotatable bonds is 12. The molecule has 0 atom stereocenters. The highest BCUT2D eigenvalue weighted by Crippen LogP contribution is 2.58. The van der Waals surface area contributed by atoms with Crippen molar-refractivity contribution in [1.82, 2.24) is 0 Å². The Morgan fingerprint density at radius 3 is 1.29 bits per heavy atom. The number of benzene rings is 16. The summed E-state index contributed by atoms with van der Waals surface area (Å²) in [5.41, 5.74) is 19.7. The molecule has 4 nitrogen and oxygen atoms in total. The Morgan fingerprint density at radius 2 is 0.727 bits per heavy atom. The Hall–Kier alpha value is -12.3. The largest absolute Gasteiger partial charge is 0.454 e. The molecule has 99 heavy (non-hydrogen) atoms. The van der Waals surface area contributed by atoms with Gasteiger partial charge in [0.25, 0.3) is 0 Å². The van der Waals surface area contributed by atoms with Gasteiger partial charge in [0.15, 0.2) is 19.2 Å². The predicted octanol–water partition coefficient (Wildman–Crippen LogP) is 23.2. The molecule has 0 spiro atoms. The van der Waals surface area contributed by atoms with Gasteiger partial charge in [0.05, 0.1) is 17.1 Å². The Labute approximate surface area is 576 Å². The number of fused-ring (bicyclic) bond motifs is 13. The smallest absolute Gasteiger partial charge is 0.179 e. The number of anilines is 6. The molecule has 2 heterocycles. The van der Waals surface area contributed by atoms with E-state index in [1.807, 2.05) is 0 Å². The Morgan fingerprint density at radius 1 is 0.293 bits per heavy atom. The van der Waals surface area contributed by atoms with Crippen LogP contribution in [-0.4, -0.2) is 8.07 Å². The molecule has 0 bridgehead atoms. The second kappa shape index (κ2) is 23.0. The maximum atomic E-state index is 7.42. The fourth-order valence-electron chi connectivity index (χ4n) is 16.6. The minimum absolute atomic E-state index is 0.478. The Bertz CT molecular complexity index is 6150. The van der Waals surface area contributed by atoms with E-state index in [4.69, 9.17) is 8.83 Å². The summed E-state index contributed by atoms with van der Waals surface area (Å²) in [5, 5.41) is 16.7. The van der Waals surface area contributed by atoms with Gasteiger partial charge in [0.2, 0.25) is 0 Å². The normalized spacial score (nSPS) is 12.7. The molecule has 0 saturated carbocycles. The highest BCUT2D eigenvalue weighted by Gasteiger charge is 2.43. The summed E-state index contributed by atoms with van der Waals surface area (Å²) in [4.78, 5) is 4.91. The summed E-state index contributed by atoms with van der Waals surface area (Å²) in [5.74, 6) is 0. The fraction of sp³-hybridized carbons (Fsp3) is 0.0426. The van der Waals surface area contributed by atoms with E-state index < -0.39 is 13.5 Å². The molecule has 0 saturated heterocycles. The van der Waals surface area contributed by atoms with Crippen LogP contribution in [0.4, 0.5) is 34.1 Å². The van der Waals surface area contributed by atoms with Gasteiger partial charge in [-0.15, -0.1) is 0 Å². The van der Waals surface area contributed by atoms with E-state index >= 15 is 0 Å². The van der Waals surface area contributed by atoms with Gasteiger partial charge in [-0.2, -0.15) is 0 Å². The van der Waals surface area contributed by atoms with Crippen molar-refractivity contribution in [3.05, 3.63) is 362 Å². The SMILES string of the molecule is Cc1cccc(-c2ccc(N(c3ccc4c(c3)C(C)(C)c3cc(N(c5ccc6ccccc6c5)c5ccc(-c6cccc([Si](c7ccccc7)(c7ccccc7)c7ccccc7)c6)c6c5oc5ccccc56)c5ccccc5c3-4)c3ccc4ccccc4c3)c3oc4ccccc4c23)c1. The first kappa shape index (κ1) is 58.1. The van der Waals surface area contributed by atoms with Gasteiger partial charge in [0.1, 0.15) is 11.2 Å². The van der Waals surface area contributed by atoms with Crippen LogP contribution in [0.5, 0.6) is 0 Å². The van der Waals surface area contributed by atoms with Crippen molar-refractivity contribution in [2.75, 3.05) is 9.80 Å². The van der Waals surface area contributed by atoms with Crippen LogP contribution in [0.2, 0.25) is 0 Å². The molecule has 0 radical (unpaired) electrons. The maximum absolute atomic E-state index is 7.42. The molecule has 468 valence electrons. The van der Waals surface area contributed by atoms with Crippen molar-refractivity contribution >= 4 is 139 Å². The number of hydrogen-bond donors (Lipinski definition) is 0. The highest BCUT2D eigenvalue weighted by atomic mass is 28.3. The first-order valence-corrected chi connectivity index (χ1v) is 36.3. The average Bonchev–Trinajstić information content (AvgIpc) is 1.14. The Kier molecular flexibility index (Phi) is 13.5. The monoisotopic (exact) mass is 1280 g/mol. The molecule has 1 aliphatic rings. The third-order valence-electron chi connectivity index (χ3n) is 21.2. The molecule has 5 heteroatoms. The van der Waals surface area contributed by atoms with Crippen molar-refractivity contribution in [2.24, 2.45) is 0 Å². The quantitative estimate of drug-likeness (QED) is 0.0901. The fourth-order valence-corrected chi connectivity index (χ4v) is 21.4. The van der Waals surface area contributed by atoms with Gasteiger partial charge in [-0.3, -0.25) is 0 Å². The molecule has 0 unspecified atom stereocenters. The summed E-state index contributed by atoms with van der Waals surface area (Å²) in [6.45, 7) is 7.00. The second-order valence-corrected chi connectivity index (χ2v) is 30.9. The van der Waals surface area contributed by atoms with E-state index in [-0.39, 0.29) is 0 Å². The van der Waals surface area contributed by atoms with Crippen molar-refractivity contribution in [2.45, 2.75) is 26.2 Å². The second-order valence-electron chi connectivity index (χ2n) is 27.1. The lowest BCUT2D eigenvalue weighted by atomic mass is 9.81. The van der Waals surface area contributed by atoms with Gasteiger partial charge in [-0.1, -0.05) is 298 Å². The van der Waals surface area contributed by atoms with E-state index in [0.717, 1.165) is 111 Å². The van der Waals surface area contributed by atoms with E-state index in [0.29, 0.717) is 0 Å². The van der Waals surface area contributed by atoms with Crippen molar-refractivity contribution in [3.63, 3.8) is 0 Å². The van der Waals surface area contributed by atoms with Crippen LogP contribution in [-0.2, 0) is 5.41 Å². The van der Waals surface area contributed by atoms with Crippen LogP contribution in [0.1, 0.15) is 30.5 Å². The topological polar surface area (TPSA) is 32.8 Å². The molecule has 0 N–H and O–H groups in total. The van der Waals surface area contributed by atoms with Gasteiger partial charge in [0, 0.05) is 49.4 Å². The van der Waals surface area contributed by atoms with E-state index in [9.17, 15) is 0 Å². The van der Waals surface area contributed by atoms with Crippen LogP contribution in [0, 0.1) is 6.92 Å². The van der Waals surface area contributed by atoms with Crippen molar-refractivity contribution in [1.29, 1.82) is 0 Å². The number of para-hydroxylation sites is 2. The molecule has 0 amide bonds. The van der Waals surface area contributed by atoms with E-state index in [2.05, 4.69) is 376 Å². The number of hydrogen-bond acceptors (Lipinski definition) is 4. The highest BCUT2D eigenvalue weighted by molar-refractivity contribution is 7.20. The van der Waals surface area contributed by atoms with Crippen molar-refractivity contribution in [3.8, 4) is 33.4 Å². The first-order chi connectivity index (χ1) is 48.8. The lowest BCUT2D eigenvalue weighted by Crippen LogP contribution is -2.74. The Balaban J connectivity index is 0.812.